The van der Waals surface area contributed by atoms with Gasteiger partial charge in [0, 0.05) is 18.6 Å². The molecule has 4 nitrogen and oxygen atoms in total. The summed E-state index contributed by atoms with van der Waals surface area (Å²) in [7, 11) is 0. The summed E-state index contributed by atoms with van der Waals surface area (Å²) >= 11 is 0. The monoisotopic (exact) mass is 296 g/mol. The number of likely N-dealkylation sites (tertiary alicyclic amines) is 1. The van der Waals surface area contributed by atoms with Crippen molar-refractivity contribution in [3.63, 3.8) is 0 Å². The van der Waals surface area contributed by atoms with Crippen molar-refractivity contribution >= 4 is 6.09 Å². The first-order chi connectivity index (χ1) is 9.77. The van der Waals surface area contributed by atoms with E-state index in [9.17, 15) is 4.79 Å². The molecule has 1 aliphatic heterocycles. The smallest absolute Gasteiger partial charge is 0.410 e. The van der Waals surface area contributed by atoms with Crippen LogP contribution in [-0.4, -0.2) is 41.8 Å². The third-order valence-corrected chi connectivity index (χ3v) is 4.81. The standard InChI is InChI=1S/C17H32N2O2/c1-16(2,3)21-15(20)19-11-9-17(4,10-12-19)18-13-14-7-5-6-8-14/h14,18H,5-13H2,1-4H3. The fourth-order valence-electron chi connectivity index (χ4n) is 3.29. The third-order valence-electron chi connectivity index (χ3n) is 4.81. The molecule has 0 aromatic carbocycles. The highest BCUT2D eigenvalue weighted by Gasteiger charge is 2.33. The number of piperidine rings is 1. The molecule has 2 fully saturated rings. The molecule has 0 spiro atoms. The van der Waals surface area contributed by atoms with E-state index < -0.39 is 5.60 Å². The highest BCUT2D eigenvalue weighted by atomic mass is 16.6. The second-order valence-corrected chi connectivity index (χ2v) is 8.06. The molecule has 1 N–H and O–H groups in total. The van der Waals surface area contributed by atoms with E-state index in [2.05, 4.69) is 12.2 Å². The zero-order valence-electron chi connectivity index (χ0n) is 14.2. The van der Waals surface area contributed by atoms with Gasteiger partial charge in [0.1, 0.15) is 5.60 Å². The largest absolute Gasteiger partial charge is 0.444 e. The van der Waals surface area contributed by atoms with E-state index in [0.29, 0.717) is 0 Å². The van der Waals surface area contributed by atoms with Gasteiger partial charge < -0.3 is 15.0 Å². The van der Waals surface area contributed by atoms with Crippen molar-refractivity contribution in [2.45, 2.75) is 77.4 Å². The molecule has 2 aliphatic rings. The van der Waals surface area contributed by atoms with E-state index in [0.717, 1.165) is 38.4 Å². The number of amides is 1. The van der Waals surface area contributed by atoms with Gasteiger partial charge in [0.25, 0.3) is 0 Å². The maximum Gasteiger partial charge on any atom is 0.410 e. The summed E-state index contributed by atoms with van der Waals surface area (Å²) in [5, 5.41) is 3.77. The van der Waals surface area contributed by atoms with Crippen LogP contribution in [0, 0.1) is 5.92 Å². The molecule has 1 heterocycles. The summed E-state index contributed by atoms with van der Waals surface area (Å²) < 4.78 is 5.45. The molecule has 4 heteroatoms. The lowest BCUT2D eigenvalue weighted by molar-refractivity contribution is 0.0156. The normalized spacial score (nSPS) is 23.3. The maximum atomic E-state index is 12.1. The Morgan fingerprint density at radius 3 is 2.33 bits per heavy atom. The van der Waals surface area contributed by atoms with Crippen LogP contribution < -0.4 is 5.32 Å². The molecule has 0 unspecified atom stereocenters. The molecule has 0 bridgehead atoms. The van der Waals surface area contributed by atoms with E-state index in [1.807, 2.05) is 25.7 Å². The minimum Gasteiger partial charge on any atom is -0.444 e. The number of hydrogen-bond donors (Lipinski definition) is 1. The lowest BCUT2D eigenvalue weighted by atomic mass is 9.89. The Morgan fingerprint density at radius 1 is 1.24 bits per heavy atom. The Hall–Kier alpha value is -0.770. The Labute approximate surface area is 129 Å². The number of nitrogens with one attached hydrogen (secondary N) is 1. The zero-order valence-corrected chi connectivity index (χ0v) is 14.2. The summed E-state index contributed by atoms with van der Waals surface area (Å²) in [5.74, 6) is 0.866. The van der Waals surface area contributed by atoms with Crippen LogP contribution in [0.5, 0.6) is 0 Å². The molecule has 1 amide bonds. The van der Waals surface area contributed by atoms with Crippen LogP contribution >= 0.6 is 0 Å². The molecule has 1 saturated heterocycles. The van der Waals surface area contributed by atoms with E-state index in [-0.39, 0.29) is 11.6 Å². The van der Waals surface area contributed by atoms with Gasteiger partial charge in [-0.1, -0.05) is 12.8 Å². The maximum absolute atomic E-state index is 12.1. The van der Waals surface area contributed by atoms with Crippen LogP contribution in [0.25, 0.3) is 0 Å². The van der Waals surface area contributed by atoms with Gasteiger partial charge in [-0.2, -0.15) is 0 Å². The topological polar surface area (TPSA) is 41.6 Å². The van der Waals surface area contributed by atoms with Crippen molar-refractivity contribution in [2.24, 2.45) is 5.92 Å². The zero-order chi connectivity index (χ0) is 15.5. The first-order valence-corrected chi connectivity index (χ1v) is 8.50. The van der Waals surface area contributed by atoms with Crippen LogP contribution in [0.15, 0.2) is 0 Å². The molecule has 2 rings (SSSR count). The number of nitrogens with zero attached hydrogens (tertiary/aromatic N) is 1. The number of ether oxygens (including phenoxy) is 1. The predicted molar refractivity (Wildman–Crippen MR) is 85.4 cm³/mol. The second kappa shape index (κ2) is 6.55. The fourth-order valence-corrected chi connectivity index (χ4v) is 3.29. The van der Waals surface area contributed by atoms with E-state index in [4.69, 9.17) is 4.74 Å². The molecule has 0 radical (unpaired) electrons. The summed E-state index contributed by atoms with van der Waals surface area (Å²) in [4.78, 5) is 13.9. The van der Waals surface area contributed by atoms with Gasteiger partial charge in [0.05, 0.1) is 0 Å². The Bertz CT molecular complexity index is 348. The van der Waals surface area contributed by atoms with Crippen molar-refractivity contribution in [2.75, 3.05) is 19.6 Å². The quantitative estimate of drug-likeness (QED) is 0.866. The van der Waals surface area contributed by atoms with Gasteiger partial charge in [-0.05, 0) is 65.8 Å². The number of rotatable bonds is 3. The minimum atomic E-state index is -0.404. The summed E-state index contributed by atoms with van der Waals surface area (Å²) in [6.45, 7) is 10.8. The van der Waals surface area contributed by atoms with Gasteiger partial charge in [-0.3, -0.25) is 0 Å². The number of carbonyl (C=O) groups excluding carboxylic acids is 1. The summed E-state index contributed by atoms with van der Waals surface area (Å²) in [5.41, 5.74) is -0.223. The van der Waals surface area contributed by atoms with Crippen molar-refractivity contribution in [1.29, 1.82) is 0 Å². The van der Waals surface area contributed by atoms with Gasteiger partial charge in [0.15, 0.2) is 0 Å². The van der Waals surface area contributed by atoms with Gasteiger partial charge in [-0.15, -0.1) is 0 Å². The molecular weight excluding hydrogens is 264 g/mol. The van der Waals surface area contributed by atoms with E-state index in [1.54, 1.807) is 0 Å². The highest BCUT2D eigenvalue weighted by Crippen LogP contribution is 2.27. The van der Waals surface area contributed by atoms with Crippen LogP contribution in [0.3, 0.4) is 0 Å². The molecule has 0 aromatic rings. The van der Waals surface area contributed by atoms with Crippen LogP contribution in [-0.2, 0) is 4.74 Å². The van der Waals surface area contributed by atoms with E-state index >= 15 is 0 Å². The molecule has 122 valence electrons. The molecule has 1 aliphatic carbocycles. The first-order valence-electron chi connectivity index (χ1n) is 8.50. The Kier molecular flexibility index (Phi) is 5.18. The Morgan fingerprint density at radius 2 is 1.81 bits per heavy atom. The van der Waals surface area contributed by atoms with Crippen molar-refractivity contribution in [3.05, 3.63) is 0 Å². The average Bonchev–Trinajstić information content (AvgIpc) is 2.88. The van der Waals surface area contributed by atoms with E-state index in [1.165, 1.54) is 25.7 Å². The predicted octanol–water partition coefficient (Wildman–Crippen LogP) is 3.56. The molecule has 21 heavy (non-hydrogen) atoms. The molecule has 0 atom stereocenters. The van der Waals surface area contributed by atoms with Crippen LogP contribution in [0.4, 0.5) is 4.79 Å². The average molecular weight is 296 g/mol. The third kappa shape index (κ3) is 5.17. The summed E-state index contributed by atoms with van der Waals surface area (Å²) in [6, 6.07) is 0. The lowest BCUT2D eigenvalue weighted by Crippen LogP contribution is -2.54. The molecular formula is C17H32N2O2. The van der Waals surface area contributed by atoms with Gasteiger partial charge >= 0.3 is 6.09 Å². The fraction of sp³-hybridized carbons (Fsp3) is 0.941. The lowest BCUT2D eigenvalue weighted by Gasteiger charge is -2.41. The summed E-state index contributed by atoms with van der Waals surface area (Å²) in [6.07, 6.45) is 7.42. The first kappa shape index (κ1) is 16.6. The van der Waals surface area contributed by atoms with Crippen LogP contribution in [0.1, 0.15) is 66.2 Å². The Balaban J connectivity index is 1.74. The van der Waals surface area contributed by atoms with Crippen molar-refractivity contribution < 1.29 is 9.53 Å². The SMILES string of the molecule is CC1(NCC2CCCC2)CCN(C(=O)OC(C)(C)C)CC1. The van der Waals surface area contributed by atoms with Crippen molar-refractivity contribution in [1.82, 2.24) is 10.2 Å². The highest BCUT2D eigenvalue weighted by molar-refractivity contribution is 5.68. The van der Waals surface area contributed by atoms with Crippen LogP contribution in [0.2, 0.25) is 0 Å². The second-order valence-electron chi connectivity index (χ2n) is 8.06. The number of carbonyl (C=O) groups is 1. The minimum absolute atomic E-state index is 0.166. The van der Waals surface area contributed by atoms with Crippen molar-refractivity contribution in [3.8, 4) is 0 Å². The van der Waals surface area contributed by atoms with Gasteiger partial charge in [-0.25, -0.2) is 4.79 Å². The number of hydrogen-bond acceptors (Lipinski definition) is 3. The molecule has 0 aromatic heterocycles. The molecule has 1 saturated carbocycles. The van der Waals surface area contributed by atoms with Gasteiger partial charge in [0.2, 0.25) is 0 Å².